The summed E-state index contributed by atoms with van der Waals surface area (Å²) in [4.78, 5) is 18.1. The van der Waals surface area contributed by atoms with Crippen LogP contribution in [0, 0.1) is 0 Å². The highest BCUT2D eigenvalue weighted by atomic mass is 32.1. The second-order valence-corrected chi connectivity index (χ2v) is 9.12. The van der Waals surface area contributed by atoms with Crippen molar-refractivity contribution in [2.75, 3.05) is 19.8 Å². The van der Waals surface area contributed by atoms with Gasteiger partial charge in [-0.1, -0.05) is 44.1 Å². The van der Waals surface area contributed by atoms with Crippen molar-refractivity contribution in [2.45, 2.75) is 46.5 Å². The van der Waals surface area contributed by atoms with Gasteiger partial charge in [-0.2, -0.15) is 9.50 Å². The van der Waals surface area contributed by atoms with Crippen LogP contribution in [0.2, 0.25) is 0 Å². The molecule has 4 rings (SSSR count). The second kappa shape index (κ2) is 11.8. The molecule has 2 aromatic carbocycles. The third-order valence-corrected chi connectivity index (χ3v) is 6.34. The predicted octanol–water partition coefficient (Wildman–Crippen LogP) is 5.12. The highest BCUT2D eigenvalue weighted by Crippen LogP contribution is 2.29. The van der Waals surface area contributed by atoms with E-state index in [0.29, 0.717) is 46.6 Å². The Morgan fingerprint density at radius 3 is 2.34 bits per heavy atom. The molecule has 8 heteroatoms. The quantitative estimate of drug-likeness (QED) is 0.255. The SMILES string of the molecule is CCCCOc1ccc(-c2nc3s/c(=C\c4ccc(OCCCC)c(OCC)c4)c(=O)n3n2)cc1. The van der Waals surface area contributed by atoms with Crippen LogP contribution in [0.15, 0.2) is 47.3 Å². The van der Waals surface area contributed by atoms with E-state index in [0.717, 1.165) is 42.6 Å². The molecular formula is C27H31N3O4S. The molecule has 0 bridgehead atoms. The zero-order valence-electron chi connectivity index (χ0n) is 20.5. The smallest absolute Gasteiger partial charge is 0.291 e. The lowest BCUT2D eigenvalue weighted by Crippen LogP contribution is -2.23. The van der Waals surface area contributed by atoms with Crippen LogP contribution in [-0.2, 0) is 0 Å². The molecule has 0 fully saturated rings. The highest BCUT2D eigenvalue weighted by molar-refractivity contribution is 7.15. The van der Waals surface area contributed by atoms with Crippen molar-refractivity contribution >= 4 is 22.4 Å². The summed E-state index contributed by atoms with van der Waals surface area (Å²) in [5.41, 5.74) is 1.51. The Morgan fingerprint density at radius 2 is 1.66 bits per heavy atom. The Morgan fingerprint density at radius 1 is 0.914 bits per heavy atom. The molecular weight excluding hydrogens is 462 g/mol. The number of aromatic nitrogens is 3. The van der Waals surface area contributed by atoms with Gasteiger partial charge in [-0.15, -0.1) is 5.10 Å². The monoisotopic (exact) mass is 493 g/mol. The van der Waals surface area contributed by atoms with Crippen LogP contribution in [0.5, 0.6) is 17.2 Å². The van der Waals surface area contributed by atoms with Crippen LogP contribution in [-0.4, -0.2) is 34.4 Å². The second-order valence-electron chi connectivity index (χ2n) is 8.11. The number of benzene rings is 2. The van der Waals surface area contributed by atoms with Crippen molar-refractivity contribution in [3.8, 4) is 28.6 Å². The van der Waals surface area contributed by atoms with E-state index in [4.69, 9.17) is 14.2 Å². The minimum absolute atomic E-state index is 0.190. The summed E-state index contributed by atoms with van der Waals surface area (Å²) in [6.07, 6.45) is 6.01. The lowest BCUT2D eigenvalue weighted by Gasteiger charge is -2.12. The summed E-state index contributed by atoms with van der Waals surface area (Å²) in [6, 6.07) is 13.4. The van der Waals surface area contributed by atoms with Crippen LogP contribution in [0.4, 0.5) is 0 Å². The maximum atomic E-state index is 13.0. The largest absolute Gasteiger partial charge is 0.494 e. The summed E-state index contributed by atoms with van der Waals surface area (Å²) in [5, 5.41) is 4.45. The maximum Gasteiger partial charge on any atom is 0.291 e. The van der Waals surface area contributed by atoms with Gasteiger partial charge in [0, 0.05) is 5.56 Å². The van der Waals surface area contributed by atoms with Crippen LogP contribution >= 0.6 is 11.3 Å². The first-order chi connectivity index (χ1) is 17.1. The number of rotatable bonds is 12. The molecule has 0 radical (unpaired) electrons. The van der Waals surface area contributed by atoms with E-state index < -0.39 is 0 Å². The predicted molar refractivity (Wildman–Crippen MR) is 140 cm³/mol. The number of thiazole rings is 1. The number of fused-ring (bicyclic) bond motifs is 1. The van der Waals surface area contributed by atoms with Gasteiger partial charge in [0.25, 0.3) is 5.56 Å². The van der Waals surface area contributed by atoms with Crippen LogP contribution in [0.25, 0.3) is 22.4 Å². The minimum atomic E-state index is -0.190. The van der Waals surface area contributed by atoms with E-state index in [1.165, 1.54) is 15.9 Å². The molecule has 0 N–H and O–H groups in total. The number of hydrogen-bond acceptors (Lipinski definition) is 7. The van der Waals surface area contributed by atoms with Crippen molar-refractivity contribution in [2.24, 2.45) is 0 Å². The number of hydrogen-bond donors (Lipinski definition) is 0. The molecule has 7 nitrogen and oxygen atoms in total. The summed E-state index contributed by atoms with van der Waals surface area (Å²) in [6.45, 7) is 8.08. The van der Waals surface area contributed by atoms with Gasteiger partial charge in [-0.25, -0.2) is 0 Å². The Bertz CT molecular complexity index is 1360. The van der Waals surface area contributed by atoms with E-state index in [-0.39, 0.29) is 5.56 Å². The molecule has 2 heterocycles. The van der Waals surface area contributed by atoms with Gasteiger partial charge in [0.15, 0.2) is 17.3 Å². The molecule has 0 saturated carbocycles. The summed E-state index contributed by atoms with van der Waals surface area (Å²) >= 11 is 1.32. The van der Waals surface area contributed by atoms with Gasteiger partial charge in [0.2, 0.25) is 4.96 Å². The van der Waals surface area contributed by atoms with Crippen LogP contribution < -0.4 is 24.3 Å². The van der Waals surface area contributed by atoms with Crippen molar-refractivity contribution < 1.29 is 14.2 Å². The topological polar surface area (TPSA) is 75.0 Å². The Kier molecular flexibility index (Phi) is 8.36. The molecule has 0 aliphatic rings. The molecule has 0 aliphatic heterocycles. The van der Waals surface area contributed by atoms with Gasteiger partial charge >= 0.3 is 0 Å². The van der Waals surface area contributed by atoms with Gasteiger partial charge in [-0.05, 0) is 67.8 Å². The average Bonchev–Trinajstić information content (AvgIpc) is 3.40. The molecule has 35 heavy (non-hydrogen) atoms. The molecule has 0 atom stereocenters. The zero-order chi connectivity index (χ0) is 24.6. The van der Waals surface area contributed by atoms with Crippen molar-refractivity contribution in [3.05, 3.63) is 62.9 Å². The fourth-order valence-corrected chi connectivity index (χ4v) is 4.38. The first-order valence-electron chi connectivity index (χ1n) is 12.2. The molecule has 0 saturated heterocycles. The molecule has 2 aromatic heterocycles. The molecule has 0 aliphatic carbocycles. The molecule has 184 valence electrons. The van der Waals surface area contributed by atoms with Gasteiger partial charge in [0.1, 0.15) is 5.75 Å². The zero-order valence-corrected chi connectivity index (χ0v) is 21.3. The van der Waals surface area contributed by atoms with E-state index in [1.807, 2.05) is 55.5 Å². The molecule has 0 unspecified atom stereocenters. The number of nitrogens with zero attached hydrogens (tertiary/aromatic N) is 3. The summed E-state index contributed by atoms with van der Waals surface area (Å²) in [5.74, 6) is 2.73. The normalized spacial score (nSPS) is 11.8. The van der Waals surface area contributed by atoms with E-state index in [2.05, 4.69) is 23.9 Å². The van der Waals surface area contributed by atoms with E-state index >= 15 is 0 Å². The van der Waals surface area contributed by atoms with Crippen LogP contribution in [0.1, 0.15) is 52.0 Å². The summed E-state index contributed by atoms with van der Waals surface area (Å²) < 4.78 is 19.3. The van der Waals surface area contributed by atoms with Crippen molar-refractivity contribution in [1.29, 1.82) is 0 Å². The molecule has 4 aromatic rings. The maximum absolute atomic E-state index is 13.0. The Hall–Kier alpha value is -3.39. The van der Waals surface area contributed by atoms with Gasteiger partial charge in [-0.3, -0.25) is 4.79 Å². The van der Waals surface area contributed by atoms with Crippen LogP contribution in [0.3, 0.4) is 0 Å². The van der Waals surface area contributed by atoms with Crippen molar-refractivity contribution in [3.63, 3.8) is 0 Å². The fourth-order valence-electron chi connectivity index (χ4n) is 3.47. The van der Waals surface area contributed by atoms with Gasteiger partial charge < -0.3 is 14.2 Å². The van der Waals surface area contributed by atoms with Gasteiger partial charge in [0.05, 0.1) is 24.4 Å². The molecule has 0 spiro atoms. The number of ether oxygens (including phenoxy) is 3. The third-order valence-electron chi connectivity index (χ3n) is 5.38. The standard InChI is InChI=1S/C27H31N3O4S/c1-4-7-15-33-21-12-10-20(11-13-21)25-28-27-30(29-25)26(31)24(35-27)18-19-9-14-22(34-16-8-5-2)23(17-19)32-6-3/h9-14,17-18H,4-8,15-16H2,1-3H3/b24-18-. The van der Waals surface area contributed by atoms with E-state index in [1.54, 1.807) is 0 Å². The average molecular weight is 494 g/mol. The Labute approximate surface area is 209 Å². The number of unbranched alkanes of at least 4 members (excludes halogenated alkanes) is 2. The third kappa shape index (κ3) is 6.00. The lowest BCUT2D eigenvalue weighted by atomic mass is 10.2. The molecule has 0 amide bonds. The van der Waals surface area contributed by atoms with Crippen molar-refractivity contribution in [1.82, 2.24) is 14.6 Å². The van der Waals surface area contributed by atoms with E-state index in [9.17, 15) is 4.79 Å². The first kappa shape index (κ1) is 24.7. The summed E-state index contributed by atoms with van der Waals surface area (Å²) in [7, 11) is 0. The fraction of sp³-hybridized carbons (Fsp3) is 0.370. The lowest BCUT2D eigenvalue weighted by molar-refractivity contribution is 0.272. The highest BCUT2D eigenvalue weighted by Gasteiger charge is 2.13. The Balaban J connectivity index is 1.57. The first-order valence-corrected chi connectivity index (χ1v) is 13.0. The minimum Gasteiger partial charge on any atom is -0.494 e.